The van der Waals surface area contributed by atoms with E-state index in [1.807, 2.05) is 6.92 Å². The van der Waals surface area contributed by atoms with E-state index in [0.29, 0.717) is 11.7 Å². The van der Waals surface area contributed by atoms with Crippen molar-refractivity contribution >= 4 is 17.4 Å². The highest BCUT2D eigenvalue weighted by Crippen LogP contribution is 2.34. The molecule has 0 amide bonds. The van der Waals surface area contributed by atoms with Crippen molar-refractivity contribution in [1.29, 1.82) is 0 Å². The van der Waals surface area contributed by atoms with E-state index in [1.54, 1.807) is 0 Å². The molecule has 1 saturated carbocycles. The van der Waals surface area contributed by atoms with Crippen molar-refractivity contribution in [3.05, 3.63) is 17.0 Å². The van der Waals surface area contributed by atoms with Crippen LogP contribution >= 0.6 is 11.6 Å². The summed E-state index contributed by atoms with van der Waals surface area (Å²) >= 11 is 6.07. The molecule has 0 bridgehead atoms. The molecular formula is C15H24ClN3O. The van der Waals surface area contributed by atoms with Crippen LogP contribution in [0, 0.1) is 5.92 Å². The number of nitrogens with zero attached hydrogens (tertiary/aromatic N) is 2. The fourth-order valence-electron chi connectivity index (χ4n) is 2.90. The summed E-state index contributed by atoms with van der Waals surface area (Å²) < 4.78 is 0. The normalized spacial score (nSPS) is 26.5. The van der Waals surface area contributed by atoms with E-state index in [4.69, 9.17) is 11.6 Å². The second kappa shape index (κ2) is 6.72. The van der Waals surface area contributed by atoms with Crippen molar-refractivity contribution in [2.75, 3.05) is 11.9 Å². The summed E-state index contributed by atoms with van der Waals surface area (Å²) in [5, 5.41) is 14.4. The lowest BCUT2D eigenvalue weighted by atomic mass is 9.78. The first kappa shape index (κ1) is 15.5. The zero-order valence-corrected chi connectivity index (χ0v) is 13.1. The van der Waals surface area contributed by atoms with Gasteiger partial charge in [-0.15, -0.1) is 0 Å². The first-order chi connectivity index (χ1) is 9.58. The Kier molecular flexibility index (Phi) is 5.22. The Morgan fingerprint density at radius 1 is 1.35 bits per heavy atom. The summed E-state index contributed by atoms with van der Waals surface area (Å²) in [7, 11) is 0. The molecule has 0 spiro atoms. The molecule has 5 heteroatoms. The Morgan fingerprint density at radius 3 is 2.65 bits per heavy atom. The topological polar surface area (TPSA) is 58.0 Å². The maximum absolute atomic E-state index is 10.6. The second-order valence-electron chi connectivity index (χ2n) is 5.77. The molecule has 1 aromatic heterocycles. The molecule has 112 valence electrons. The highest BCUT2D eigenvalue weighted by Gasteiger charge is 2.32. The summed E-state index contributed by atoms with van der Waals surface area (Å²) in [6, 6.07) is 0. The first-order valence-corrected chi connectivity index (χ1v) is 7.91. The summed E-state index contributed by atoms with van der Waals surface area (Å²) in [5.74, 6) is 1.52. The van der Waals surface area contributed by atoms with E-state index in [1.165, 1.54) is 12.7 Å². The number of anilines is 1. The molecular weight excluding hydrogens is 274 g/mol. The summed E-state index contributed by atoms with van der Waals surface area (Å²) in [4.78, 5) is 8.23. The maximum Gasteiger partial charge on any atom is 0.137 e. The molecule has 2 rings (SSSR count). The average molecular weight is 298 g/mol. The Balaban J connectivity index is 1.97. The lowest BCUT2D eigenvalue weighted by Gasteiger charge is -2.36. The van der Waals surface area contributed by atoms with Crippen molar-refractivity contribution in [2.45, 2.75) is 58.0 Å². The molecule has 0 atom stereocenters. The molecule has 20 heavy (non-hydrogen) atoms. The van der Waals surface area contributed by atoms with Crippen LogP contribution in [0.3, 0.4) is 0 Å². The van der Waals surface area contributed by atoms with Gasteiger partial charge in [-0.25, -0.2) is 9.97 Å². The standard InChI is InChI=1S/C15H24ClN3O/c1-3-11-5-7-15(20,8-6-11)9-17-14-12(4-2)13(16)18-10-19-14/h10-11,20H,3-9H2,1-2H3,(H,17,18,19). The van der Waals surface area contributed by atoms with Crippen LogP contribution in [0.2, 0.25) is 5.15 Å². The molecule has 0 radical (unpaired) electrons. The number of halogens is 1. The van der Waals surface area contributed by atoms with E-state index >= 15 is 0 Å². The molecule has 2 N–H and O–H groups in total. The molecule has 0 saturated heterocycles. The Hall–Kier alpha value is -0.870. The Morgan fingerprint density at radius 2 is 2.05 bits per heavy atom. The van der Waals surface area contributed by atoms with E-state index in [2.05, 4.69) is 22.2 Å². The van der Waals surface area contributed by atoms with E-state index in [0.717, 1.165) is 49.4 Å². The second-order valence-corrected chi connectivity index (χ2v) is 6.13. The van der Waals surface area contributed by atoms with Crippen LogP contribution in [0.15, 0.2) is 6.33 Å². The third-order valence-corrected chi connectivity index (χ3v) is 4.77. The SMILES string of the molecule is CCc1c(Cl)ncnc1NCC1(O)CCC(CC)CC1. The van der Waals surface area contributed by atoms with Crippen LogP contribution in [0.4, 0.5) is 5.82 Å². The molecule has 1 aliphatic carbocycles. The van der Waals surface area contributed by atoms with Gasteiger partial charge in [-0.2, -0.15) is 0 Å². The first-order valence-electron chi connectivity index (χ1n) is 7.53. The smallest absolute Gasteiger partial charge is 0.137 e. The third-order valence-electron chi connectivity index (χ3n) is 4.44. The van der Waals surface area contributed by atoms with Gasteiger partial charge in [0.15, 0.2) is 0 Å². The Bertz CT molecular complexity index is 445. The van der Waals surface area contributed by atoms with Gasteiger partial charge in [0.2, 0.25) is 0 Å². The number of aromatic nitrogens is 2. The van der Waals surface area contributed by atoms with E-state index < -0.39 is 5.60 Å². The van der Waals surface area contributed by atoms with E-state index in [9.17, 15) is 5.11 Å². The molecule has 0 aliphatic heterocycles. The zero-order chi connectivity index (χ0) is 14.6. The number of nitrogens with one attached hydrogen (secondary N) is 1. The van der Waals surface area contributed by atoms with Crippen LogP contribution in [-0.4, -0.2) is 27.2 Å². The summed E-state index contributed by atoms with van der Waals surface area (Å²) in [6.07, 6.45) is 7.39. The number of rotatable bonds is 5. The van der Waals surface area contributed by atoms with Gasteiger partial charge in [0.1, 0.15) is 17.3 Å². The third kappa shape index (κ3) is 3.61. The predicted molar refractivity (Wildman–Crippen MR) is 82.1 cm³/mol. The summed E-state index contributed by atoms with van der Waals surface area (Å²) in [6.45, 7) is 4.78. The molecule has 0 aromatic carbocycles. The van der Waals surface area contributed by atoms with Gasteiger partial charge in [-0.3, -0.25) is 0 Å². The molecule has 1 fully saturated rings. The van der Waals surface area contributed by atoms with Gasteiger partial charge in [0.25, 0.3) is 0 Å². The fraction of sp³-hybridized carbons (Fsp3) is 0.733. The zero-order valence-electron chi connectivity index (χ0n) is 12.3. The maximum atomic E-state index is 10.6. The fourth-order valence-corrected chi connectivity index (χ4v) is 3.17. The average Bonchev–Trinajstić information content (AvgIpc) is 2.46. The highest BCUT2D eigenvalue weighted by molar-refractivity contribution is 6.30. The molecule has 0 unspecified atom stereocenters. The van der Waals surface area contributed by atoms with Crippen LogP contribution in [-0.2, 0) is 6.42 Å². The van der Waals surface area contributed by atoms with Crippen molar-refractivity contribution in [3.63, 3.8) is 0 Å². The van der Waals surface area contributed by atoms with Crippen LogP contribution in [0.25, 0.3) is 0 Å². The number of hydrogen-bond donors (Lipinski definition) is 2. The van der Waals surface area contributed by atoms with Crippen molar-refractivity contribution in [1.82, 2.24) is 9.97 Å². The van der Waals surface area contributed by atoms with Crippen molar-refractivity contribution < 1.29 is 5.11 Å². The largest absolute Gasteiger partial charge is 0.388 e. The number of aliphatic hydroxyl groups is 1. The van der Waals surface area contributed by atoms with Crippen LogP contribution in [0.1, 0.15) is 51.5 Å². The molecule has 1 heterocycles. The quantitative estimate of drug-likeness (QED) is 0.818. The minimum Gasteiger partial charge on any atom is -0.388 e. The van der Waals surface area contributed by atoms with Gasteiger partial charge in [0, 0.05) is 12.1 Å². The van der Waals surface area contributed by atoms with E-state index in [-0.39, 0.29) is 0 Å². The van der Waals surface area contributed by atoms with Gasteiger partial charge in [-0.05, 0) is 38.0 Å². The molecule has 1 aliphatic rings. The summed E-state index contributed by atoms with van der Waals surface area (Å²) in [5.41, 5.74) is 0.300. The lowest BCUT2D eigenvalue weighted by Crippen LogP contribution is -2.40. The van der Waals surface area contributed by atoms with Gasteiger partial charge < -0.3 is 10.4 Å². The van der Waals surface area contributed by atoms with Crippen LogP contribution < -0.4 is 5.32 Å². The molecule has 1 aromatic rings. The monoisotopic (exact) mass is 297 g/mol. The van der Waals surface area contributed by atoms with Gasteiger partial charge >= 0.3 is 0 Å². The minimum absolute atomic E-state index is 0.492. The number of hydrogen-bond acceptors (Lipinski definition) is 4. The van der Waals surface area contributed by atoms with Crippen molar-refractivity contribution in [3.8, 4) is 0 Å². The Labute approximate surface area is 126 Å². The highest BCUT2D eigenvalue weighted by atomic mass is 35.5. The lowest BCUT2D eigenvalue weighted by molar-refractivity contribution is 0.00222. The molecule has 4 nitrogen and oxygen atoms in total. The minimum atomic E-state index is -0.617. The van der Waals surface area contributed by atoms with Gasteiger partial charge in [0.05, 0.1) is 5.60 Å². The van der Waals surface area contributed by atoms with Crippen LogP contribution in [0.5, 0.6) is 0 Å². The van der Waals surface area contributed by atoms with Gasteiger partial charge in [-0.1, -0.05) is 31.9 Å². The van der Waals surface area contributed by atoms with Crippen molar-refractivity contribution in [2.24, 2.45) is 5.92 Å². The predicted octanol–water partition coefficient (Wildman–Crippen LogP) is 3.44.